The van der Waals surface area contributed by atoms with Crippen LogP contribution in [0.2, 0.25) is 5.02 Å². The van der Waals surface area contributed by atoms with Gasteiger partial charge in [-0.25, -0.2) is 9.97 Å². The van der Waals surface area contributed by atoms with Crippen LogP contribution < -0.4 is 5.32 Å². The van der Waals surface area contributed by atoms with Crippen LogP contribution in [-0.2, 0) is 0 Å². The molecule has 0 bridgehead atoms. The maximum atomic E-state index is 12.7. The predicted molar refractivity (Wildman–Crippen MR) is 70.0 cm³/mol. The fourth-order valence-electron chi connectivity index (χ4n) is 2.41. The van der Waals surface area contributed by atoms with Gasteiger partial charge in [-0.15, -0.1) is 0 Å². The van der Waals surface area contributed by atoms with Gasteiger partial charge in [0, 0.05) is 18.8 Å². The van der Waals surface area contributed by atoms with Crippen molar-refractivity contribution in [3.63, 3.8) is 0 Å². The Morgan fingerprint density at radius 3 is 2.76 bits per heavy atom. The molecule has 0 unspecified atom stereocenters. The fraction of sp³-hybridized carbons (Fsp3) is 0.583. The number of nitrogens with one attached hydrogen (secondary N) is 1. The lowest BCUT2D eigenvalue weighted by atomic mass is 9.98. The highest BCUT2D eigenvalue weighted by molar-refractivity contribution is 6.33. The summed E-state index contributed by atoms with van der Waals surface area (Å²) in [5.41, 5.74) is 0.0206. The van der Waals surface area contributed by atoms with Crippen LogP contribution in [-0.4, -0.2) is 52.6 Å². The van der Waals surface area contributed by atoms with Gasteiger partial charge in [0.25, 0.3) is 5.91 Å². The zero-order chi connectivity index (χ0) is 15.6. The zero-order valence-electron chi connectivity index (χ0n) is 11.2. The van der Waals surface area contributed by atoms with Crippen molar-refractivity contribution in [2.75, 3.05) is 13.6 Å². The molecule has 0 aliphatic carbocycles. The van der Waals surface area contributed by atoms with Crippen molar-refractivity contribution in [3.05, 3.63) is 23.2 Å². The summed E-state index contributed by atoms with van der Waals surface area (Å²) in [4.78, 5) is 20.6. The Morgan fingerprint density at radius 1 is 1.48 bits per heavy atom. The molecule has 1 aromatic heterocycles. The molecule has 0 saturated carbocycles. The van der Waals surface area contributed by atoms with Crippen LogP contribution in [0.1, 0.15) is 23.3 Å². The molecule has 9 heteroatoms. The SMILES string of the molecule is CN1C[C@H](NC(=O)c2ncncc2Cl)CC[C@@H]1C(F)(F)F. The number of halogens is 4. The molecule has 1 aliphatic rings. The molecule has 116 valence electrons. The van der Waals surface area contributed by atoms with Crippen LogP contribution in [0.5, 0.6) is 0 Å². The molecule has 2 atom stereocenters. The molecule has 1 saturated heterocycles. The summed E-state index contributed by atoms with van der Waals surface area (Å²) in [7, 11) is 1.40. The third-order valence-electron chi connectivity index (χ3n) is 3.42. The monoisotopic (exact) mass is 322 g/mol. The number of amides is 1. The molecule has 2 rings (SSSR count). The molecule has 0 aromatic carbocycles. The summed E-state index contributed by atoms with van der Waals surface area (Å²) in [6.07, 6.45) is -1.57. The third kappa shape index (κ3) is 3.82. The lowest BCUT2D eigenvalue weighted by Crippen LogP contribution is -2.54. The number of carbonyl (C=O) groups is 1. The number of hydrogen-bond acceptors (Lipinski definition) is 4. The van der Waals surface area contributed by atoms with Crippen LogP contribution in [0.25, 0.3) is 0 Å². The van der Waals surface area contributed by atoms with Crippen LogP contribution in [0.3, 0.4) is 0 Å². The second-order valence-corrected chi connectivity index (χ2v) is 5.37. The normalized spacial score (nSPS) is 23.9. The average Bonchev–Trinajstić information content (AvgIpc) is 2.37. The summed E-state index contributed by atoms with van der Waals surface area (Å²) in [6.45, 7) is 0.124. The number of likely N-dealkylation sites (tertiary alicyclic amines) is 1. The Balaban J connectivity index is 1.97. The first-order valence-electron chi connectivity index (χ1n) is 6.32. The first kappa shape index (κ1) is 16.0. The van der Waals surface area contributed by atoms with Gasteiger partial charge >= 0.3 is 6.18 Å². The first-order chi connectivity index (χ1) is 9.79. The summed E-state index contributed by atoms with van der Waals surface area (Å²) < 4.78 is 38.2. The Morgan fingerprint density at radius 2 is 2.19 bits per heavy atom. The van der Waals surface area contributed by atoms with Gasteiger partial charge in [-0.05, 0) is 19.9 Å². The molecule has 2 heterocycles. The van der Waals surface area contributed by atoms with Crippen LogP contribution >= 0.6 is 11.6 Å². The van der Waals surface area contributed by atoms with Crippen LogP contribution in [0.4, 0.5) is 13.2 Å². The Labute approximate surface area is 124 Å². The maximum Gasteiger partial charge on any atom is 0.404 e. The highest BCUT2D eigenvalue weighted by Gasteiger charge is 2.44. The number of nitrogens with zero attached hydrogens (tertiary/aromatic N) is 3. The topological polar surface area (TPSA) is 58.1 Å². The molecule has 1 amide bonds. The van der Waals surface area contributed by atoms with Gasteiger partial charge in [0.15, 0.2) is 0 Å². The molecule has 1 N–H and O–H groups in total. The van der Waals surface area contributed by atoms with Gasteiger partial charge in [-0.1, -0.05) is 11.6 Å². The number of carbonyl (C=O) groups excluding carboxylic acids is 1. The number of aromatic nitrogens is 2. The van der Waals surface area contributed by atoms with Crippen molar-refractivity contribution in [1.82, 2.24) is 20.2 Å². The molecule has 1 aliphatic heterocycles. The Hall–Kier alpha value is -1.41. The minimum Gasteiger partial charge on any atom is -0.347 e. The molecule has 5 nitrogen and oxygen atoms in total. The number of likely N-dealkylation sites (N-methyl/N-ethyl adjacent to an activating group) is 1. The van der Waals surface area contributed by atoms with E-state index in [1.54, 1.807) is 0 Å². The van der Waals surface area contributed by atoms with Gasteiger partial charge < -0.3 is 5.32 Å². The van der Waals surface area contributed by atoms with Gasteiger partial charge in [-0.2, -0.15) is 13.2 Å². The number of piperidine rings is 1. The molecule has 1 fully saturated rings. The van der Waals surface area contributed by atoms with E-state index in [0.29, 0.717) is 0 Å². The predicted octanol–water partition coefficient (Wildman–Crippen LogP) is 1.88. The first-order valence-corrected chi connectivity index (χ1v) is 6.70. The van der Waals surface area contributed by atoms with Crippen LogP contribution in [0.15, 0.2) is 12.5 Å². The van der Waals surface area contributed by atoms with Crippen molar-refractivity contribution < 1.29 is 18.0 Å². The van der Waals surface area contributed by atoms with E-state index in [-0.39, 0.29) is 36.1 Å². The van der Waals surface area contributed by atoms with E-state index in [1.807, 2.05) is 0 Å². The van der Waals surface area contributed by atoms with Gasteiger partial charge in [-0.3, -0.25) is 9.69 Å². The van der Waals surface area contributed by atoms with E-state index in [2.05, 4.69) is 15.3 Å². The lowest BCUT2D eigenvalue weighted by Gasteiger charge is -2.38. The fourth-order valence-corrected chi connectivity index (χ4v) is 2.60. The molecule has 1 aromatic rings. The van der Waals surface area contributed by atoms with Crippen molar-refractivity contribution in [2.24, 2.45) is 0 Å². The third-order valence-corrected chi connectivity index (χ3v) is 3.70. The number of hydrogen-bond donors (Lipinski definition) is 1. The number of rotatable bonds is 2. The van der Waals surface area contributed by atoms with Crippen molar-refractivity contribution in [3.8, 4) is 0 Å². The van der Waals surface area contributed by atoms with E-state index < -0.39 is 18.1 Å². The van der Waals surface area contributed by atoms with E-state index >= 15 is 0 Å². The average molecular weight is 323 g/mol. The van der Waals surface area contributed by atoms with E-state index in [1.165, 1.54) is 24.5 Å². The molecule has 0 spiro atoms. The summed E-state index contributed by atoms with van der Waals surface area (Å²) in [5, 5.41) is 2.76. The number of alkyl halides is 3. The van der Waals surface area contributed by atoms with Crippen LogP contribution in [0, 0.1) is 0 Å². The molecular weight excluding hydrogens is 309 g/mol. The Kier molecular flexibility index (Phi) is 4.67. The largest absolute Gasteiger partial charge is 0.404 e. The molecular formula is C12H14ClF3N4O. The van der Waals surface area contributed by atoms with Crippen molar-refractivity contribution >= 4 is 17.5 Å². The van der Waals surface area contributed by atoms with Gasteiger partial charge in [0.05, 0.1) is 5.02 Å². The Bertz CT molecular complexity index is 525. The lowest BCUT2D eigenvalue weighted by molar-refractivity contribution is -0.188. The highest BCUT2D eigenvalue weighted by Crippen LogP contribution is 2.30. The molecule has 0 radical (unpaired) electrons. The van der Waals surface area contributed by atoms with E-state index in [4.69, 9.17) is 11.6 Å². The highest BCUT2D eigenvalue weighted by atomic mass is 35.5. The maximum absolute atomic E-state index is 12.7. The smallest absolute Gasteiger partial charge is 0.347 e. The van der Waals surface area contributed by atoms with E-state index in [0.717, 1.165) is 0 Å². The zero-order valence-corrected chi connectivity index (χ0v) is 11.9. The van der Waals surface area contributed by atoms with Gasteiger partial charge in [0.2, 0.25) is 0 Å². The summed E-state index contributed by atoms with van der Waals surface area (Å²) >= 11 is 5.80. The summed E-state index contributed by atoms with van der Waals surface area (Å²) in [5.74, 6) is -0.508. The van der Waals surface area contributed by atoms with Crippen molar-refractivity contribution in [1.29, 1.82) is 0 Å². The minimum atomic E-state index is -4.25. The summed E-state index contributed by atoms with van der Waals surface area (Å²) in [6, 6.07) is -1.83. The second kappa shape index (κ2) is 6.15. The second-order valence-electron chi connectivity index (χ2n) is 4.96. The van der Waals surface area contributed by atoms with Gasteiger partial charge in [0.1, 0.15) is 18.1 Å². The molecule has 21 heavy (non-hydrogen) atoms. The minimum absolute atomic E-state index is 0.0206. The van der Waals surface area contributed by atoms with Crippen molar-refractivity contribution in [2.45, 2.75) is 31.1 Å². The standard InChI is InChI=1S/C12H14ClF3N4O/c1-20-5-7(2-3-9(20)12(14,15)16)19-11(21)10-8(13)4-17-6-18-10/h4,6-7,9H,2-3,5H2,1H3,(H,19,21)/t7-,9-/m1/s1. The van der Waals surface area contributed by atoms with E-state index in [9.17, 15) is 18.0 Å². The quantitative estimate of drug-likeness (QED) is 0.903.